The lowest BCUT2D eigenvalue weighted by atomic mass is 9.33. The minimum Gasteiger partial charge on any atom is -0.481 e. The normalized spacial score (nSPS) is 35.2. The van der Waals surface area contributed by atoms with Crippen LogP contribution in [0.25, 0.3) is 0 Å². The van der Waals surface area contributed by atoms with Gasteiger partial charge in [-0.25, -0.2) is 0 Å². The molecule has 1 aromatic heterocycles. The second kappa shape index (κ2) is 15.2. The molecular formula is C47H71N3O7. The Hall–Kier alpha value is -3.11. The van der Waals surface area contributed by atoms with E-state index in [0.717, 1.165) is 56.1 Å². The van der Waals surface area contributed by atoms with Crippen LogP contribution in [0.5, 0.6) is 0 Å². The Balaban J connectivity index is 1.30. The zero-order valence-corrected chi connectivity index (χ0v) is 36.7. The molecule has 10 heteroatoms. The fourth-order valence-electron chi connectivity index (χ4n) is 13.6. The molecule has 2 unspecified atom stereocenters. The van der Waals surface area contributed by atoms with Gasteiger partial charge in [0.1, 0.15) is 6.10 Å². The van der Waals surface area contributed by atoms with Crippen LogP contribution in [0.2, 0.25) is 0 Å². The Morgan fingerprint density at radius 3 is 2.28 bits per heavy atom. The third kappa shape index (κ3) is 7.20. The first-order valence-electron chi connectivity index (χ1n) is 21.6. The van der Waals surface area contributed by atoms with Gasteiger partial charge in [-0.15, -0.1) is 0 Å². The molecule has 1 amide bonds. The number of aliphatic hydroxyl groups excluding tert-OH is 1. The maximum atomic E-state index is 14.3. The smallest absolute Gasteiger partial charge is 0.309 e. The van der Waals surface area contributed by atoms with Gasteiger partial charge in [-0.05, 0) is 136 Å². The van der Waals surface area contributed by atoms with Crippen molar-refractivity contribution in [1.82, 2.24) is 14.8 Å². The van der Waals surface area contributed by atoms with Crippen LogP contribution in [0.3, 0.4) is 0 Å². The third-order valence-electron chi connectivity index (χ3n) is 16.8. The number of aliphatic hydroxyl groups is 1. The van der Waals surface area contributed by atoms with Crippen molar-refractivity contribution >= 4 is 23.6 Å². The highest BCUT2D eigenvalue weighted by Gasteiger charge is 2.71. The number of aromatic nitrogens is 1. The number of ether oxygens (including phenoxy) is 1. The van der Waals surface area contributed by atoms with E-state index >= 15 is 0 Å². The van der Waals surface area contributed by atoms with E-state index in [1.807, 2.05) is 31.1 Å². The summed E-state index contributed by atoms with van der Waals surface area (Å²) in [5.41, 5.74) is 0.737. The average Bonchev–Trinajstić information content (AvgIpc) is 3.42. The summed E-state index contributed by atoms with van der Waals surface area (Å²) in [5.74, 6) is -0.398. The van der Waals surface area contributed by atoms with Crippen molar-refractivity contribution in [2.45, 2.75) is 145 Å². The SMILES string of the molecule is CC(C)C1=C2[C@H]3CC[C@@H]4[C@@]5(C)CC[C@H](OC(=O)CC(C)(C)C(=O)O)C(C)(C)[C@@H]5CC[C@@]4(C)[C@]3(C)CCC2(C(O)CN(Cc2cccnc2)C(=O)CN(C)C)CC1=O. The van der Waals surface area contributed by atoms with Crippen LogP contribution in [0.1, 0.15) is 132 Å². The quantitative estimate of drug-likeness (QED) is 0.204. The summed E-state index contributed by atoms with van der Waals surface area (Å²) in [4.78, 5) is 60.9. The van der Waals surface area contributed by atoms with Gasteiger partial charge in [0.2, 0.25) is 5.91 Å². The second-order valence-electron chi connectivity index (χ2n) is 21.4. The zero-order valence-electron chi connectivity index (χ0n) is 36.7. The first kappa shape index (κ1) is 43.5. The highest BCUT2D eigenvalue weighted by atomic mass is 16.5. The van der Waals surface area contributed by atoms with Crippen LogP contribution in [-0.2, 0) is 30.5 Å². The van der Waals surface area contributed by atoms with Gasteiger partial charge in [-0.1, -0.05) is 60.1 Å². The Labute approximate surface area is 341 Å². The first-order chi connectivity index (χ1) is 26.4. The summed E-state index contributed by atoms with van der Waals surface area (Å²) in [6.07, 6.45) is 9.80. The Morgan fingerprint density at radius 1 is 0.965 bits per heavy atom. The Kier molecular flexibility index (Phi) is 11.6. The van der Waals surface area contributed by atoms with Crippen LogP contribution >= 0.6 is 0 Å². The van der Waals surface area contributed by atoms with E-state index in [1.165, 1.54) is 5.57 Å². The average molecular weight is 790 g/mol. The number of carbonyl (C=O) groups is 4. The van der Waals surface area contributed by atoms with E-state index in [4.69, 9.17) is 4.74 Å². The molecule has 0 bridgehead atoms. The zero-order chi connectivity index (χ0) is 42.1. The Morgan fingerprint density at radius 2 is 1.67 bits per heavy atom. The number of esters is 1. The molecule has 57 heavy (non-hydrogen) atoms. The standard InChI is InChI=1S/C47H71N3O7/c1-29(2)39-32(51)23-47(35(52)27-50(37(53)28-49(10)11)26-30-13-12-22-48-25-30)21-20-45(8)31(40(39)47)14-15-34-44(7)18-17-36(57-38(54)24-42(3,4)41(55)56)43(5,6)33(44)16-19-46(34,45)9/h12-13,22,25,29,31,33-36,52H,14-21,23-24,26-28H2,1-11H3,(H,55,56)/t31-,33+,34-,35?,36+,44+,45-,46-,47?/m1/s1. The van der Waals surface area contributed by atoms with Crippen molar-refractivity contribution in [3.05, 3.63) is 41.2 Å². The number of nitrogens with zero attached hydrogens (tertiary/aromatic N) is 3. The van der Waals surface area contributed by atoms with Gasteiger partial charge < -0.3 is 24.7 Å². The summed E-state index contributed by atoms with van der Waals surface area (Å²) in [6, 6.07) is 3.82. The number of carbonyl (C=O) groups excluding carboxylic acids is 3. The lowest BCUT2D eigenvalue weighted by Gasteiger charge is -2.72. The monoisotopic (exact) mass is 790 g/mol. The summed E-state index contributed by atoms with van der Waals surface area (Å²) in [5, 5.41) is 22.3. The van der Waals surface area contributed by atoms with Crippen LogP contribution < -0.4 is 0 Å². The van der Waals surface area contributed by atoms with E-state index in [9.17, 15) is 29.4 Å². The van der Waals surface area contributed by atoms with E-state index in [2.05, 4.69) is 53.5 Å². The number of rotatable bonds is 12. The number of Topliss-reactive ketones (excluding diaryl/α,β-unsaturated/α-hetero) is 1. The minimum absolute atomic E-state index is 0.0157. The highest BCUT2D eigenvalue weighted by Crippen LogP contribution is 2.77. The number of pyridine rings is 1. The molecule has 0 aliphatic heterocycles. The molecular weight excluding hydrogens is 719 g/mol. The molecule has 1 aromatic rings. The maximum absolute atomic E-state index is 14.3. The number of hydrogen-bond donors (Lipinski definition) is 2. The predicted octanol–water partition coefficient (Wildman–Crippen LogP) is 7.73. The fraction of sp³-hybridized carbons (Fsp3) is 0.766. The van der Waals surface area contributed by atoms with E-state index in [1.54, 1.807) is 31.1 Å². The second-order valence-corrected chi connectivity index (χ2v) is 21.4. The minimum atomic E-state index is -1.18. The van der Waals surface area contributed by atoms with Crippen LogP contribution in [0.15, 0.2) is 35.7 Å². The molecule has 5 aliphatic rings. The predicted molar refractivity (Wildman–Crippen MR) is 220 cm³/mol. The van der Waals surface area contributed by atoms with Gasteiger partial charge in [-0.3, -0.25) is 24.2 Å². The van der Waals surface area contributed by atoms with Crippen LogP contribution in [0.4, 0.5) is 0 Å². The molecule has 10 nitrogen and oxygen atoms in total. The number of hydrogen-bond acceptors (Lipinski definition) is 8. The molecule has 0 aromatic carbocycles. The molecule has 0 radical (unpaired) electrons. The summed E-state index contributed by atoms with van der Waals surface area (Å²) in [7, 11) is 3.75. The van der Waals surface area contributed by atoms with E-state index in [0.29, 0.717) is 31.2 Å². The molecule has 0 saturated heterocycles. The molecule has 9 atom stereocenters. The van der Waals surface area contributed by atoms with Gasteiger partial charge in [0, 0.05) is 42.7 Å². The maximum Gasteiger partial charge on any atom is 0.309 e. The summed E-state index contributed by atoms with van der Waals surface area (Å²) >= 11 is 0. The first-order valence-corrected chi connectivity index (χ1v) is 21.6. The number of allylic oxidation sites excluding steroid dienone is 1. The number of carboxylic acid groups (broad SMARTS) is 1. The number of carboxylic acids is 1. The van der Waals surface area contributed by atoms with Crippen LogP contribution in [0, 0.1) is 56.2 Å². The van der Waals surface area contributed by atoms with E-state index in [-0.39, 0.29) is 70.8 Å². The summed E-state index contributed by atoms with van der Waals surface area (Å²) < 4.78 is 6.18. The molecule has 6 rings (SSSR count). The molecule has 316 valence electrons. The van der Waals surface area contributed by atoms with Crippen molar-refractivity contribution < 1.29 is 34.1 Å². The van der Waals surface area contributed by atoms with Gasteiger partial charge in [0.05, 0.1) is 24.5 Å². The van der Waals surface area contributed by atoms with Gasteiger partial charge in [-0.2, -0.15) is 0 Å². The molecule has 2 N–H and O–H groups in total. The number of aliphatic carboxylic acids is 1. The number of likely N-dealkylation sites (N-methyl/N-ethyl adjacent to an activating group) is 1. The largest absolute Gasteiger partial charge is 0.481 e. The number of fused-ring (bicyclic) bond motifs is 7. The molecule has 4 fully saturated rings. The van der Waals surface area contributed by atoms with Gasteiger partial charge in [0.25, 0.3) is 0 Å². The lowest BCUT2D eigenvalue weighted by molar-refractivity contribution is -0.235. The van der Waals surface area contributed by atoms with Crippen molar-refractivity contribution in [1.29, 1.82) is 0 Å². The highest BCUT2D eigenvalue weighted by molar-refractivity contribution is 6.00. The van der Waals surface area contributed by atoms with E-state index < -0.39 is 28.9 Å². The number of ketones is 1. The van der Waals surface area contributed by atoms with Crippen molar-refractivity contribution in [2.75, 3.05) is 27.2 Å². The topological polar surface area (TPSA) is 137 Å². The Bertz CT molecular complexity index is 1770. The number of amides is 1. The molecule has 5 aliphatic carbocycles. The lowest BCUT2D eigenvalue weighted by Crippen LogP contribution is -2.66. The fourth-order valence-corrected chi connectivity index (χ4v) is 13.6. The molecule has 1 heterocycles. The van der Waals surface area contributed by atoms with Crippen molar-refractivity contribution in [2.24, 2.45) is 56.2 Å². The van der Waals surface area contributed by atoms with Gasteiger partial charge in [0.15, 0.2) is 5.78 Å². The molecule has 0 spiro atoms. The summed E-state index contributed by atoms with van der Waals surface area (Å²) in [6.45, 7) is 20.1. The van der Waals surface area contributed by atoms with Crippen molar-refractivity contribution in [3.8, 4) is 0 Å². The van der Waals surface area contributed by atoms with Crippen LogP contribution in [-0.4, -0.2) is 88.0 Å². The van der Waals surface area contributed by atoms with Crippen molar-refractivity contribution in [3.63, 3.8) is 0 Å². The van der Waals surface area contributed by atoms with Gasteiger partial charge >= 0.3 is 11.9 Å². The molecule has 4 saturated carbocycles. The third-order valence-corrected chi connectivity index (χ3v) is 16.8.